The molecule has 1 fully saturated rings. The molecule has 0 saturated carbocycles. The van der Waals surface area contributed by atoms with Gasteiger partial charge >= 0.3 is 0 Å². The molecule has 2 aromatic rings. The molecule has 8 heteroatoms. The zero-order chi connectivity index (χ0) is 17.1. The highest BCUT2D eigenvalue weighted by Gasteiger charge is 2.20. The van der Waals surface area contributed by atoms with Crippen LogP contribution in [0.25, 0.3) is 0 Å². The molecule has 0 bridgehead atoms. The van der Waals surface area contributed by atoms with Crippen molar-refractivity contribution >= 4 is 35.3 Å². The number of likely N-dealkylation sites (N-methyl/N-ethyl adjacent to an activating group) is 1. The van der Waals surface area contributed by atoms with E-state index < -0.39 is 0 Å². The van der Waals surface area contributed by atoms with Gasteiger partial charge in [-0.05, 0) is 26.1 Å². The van der Waals surface area contributed by atoms with Gasteiger partial charge < -0.3 is 15.5 Å². The van der Waals surface area contributed by atoms with Crippen LogP contribution in [0, 0.1) is 0 Å². The standard InChI is InChI=1S/C16H21ClN6S/c1-11(24-13-6-4-3-5-12(13)17)14-19-15(18)21-16(20-14)23-9-7-22(2)8-10-23/h3-6,11H,7-10H2,1-2H3,(H2,18,19,20,21). The van der Waals surface area contributed by atoms with Gasteiger partial charge in [0.15, 0.2) is 0 Å². The predicted octanol–water partition coefficient (Wildman–Crippen LogP) is 2.71. The molecule has 1 aliphatic rings. The topological polar surface area (TPSA) is 71.2 Å². The predicted molar refractivity (Wildman–Crippen MR) is 99.7 cm³/mol. The van der Waals surface area contributed by atoms with Crippen molar-refractivity contribution in [2.24, 2.45) is 0 Å². The number of nitrogens with zero attached hydrogens (tertiary/aromatic N) is 5. The molecule has 1 unspecified atom stereocenters. The van der Waals surface area contributed by atoms with Gasteiger partial charge in [-0.2, -0.15) is 15.0 Å². The van der Waals surface area contributed by atoms with E-state index in [2.05, 4.69) is 38.7 Å². The summed E-state index contributed by atoms with van der Waals surface area (Å²) in [6.07, 6.45) is 0. The summed E-state index contributed by atoms with van der Waals surface area (Å²) in [5, 5.41) is 0.761. The molecule has 1 atom stereocenters. The lowest BCUT2D eigenvalue weighted by atomic mass is 10.3. The second-order valence-electron chi connectivity index (χ2n) is 5.83. The van der Waals surface area contributed by atoms with E-state index >= 15 is 0 Å². The highest BCUT2D eigenvalue weighted by Crippen LogP contribution is 2.37. The van der Waals surface area contributed by atoms with Crippen molar-refractivity contribution in [3.8, 4) is 0 Å². The zero-order valence-electron chi connectivity index (χ0n) is 13.8. The summed E-state index contributed by atoms with van der Waals surface area (Å²) in [6, 6.07) is 7.77. The molecule has 2 N–H and O–H groups in total. The molecule has 1 aromatic carbocycles. The Morgan fingerprint density at radius 3 is 2.54 bits per heavy atom. The first-order valence-corrected chi connectivity index (χ1v) is 9.15. The number of nitrogens with two attached hydrogens (primary N) is 1. The Morgan fingerprint density at radius 2 is 1.83 bits per heavy atom. The van der Waals surface area contributed by atoms with Gasteiger partial charge in [-0.1, -0.05) is 23.7 Å². The van der Waals surface area contributed by atoms with Crippen molar-refractivity contribution < 1.29 is 0 Å². The fourth-order valence-corrected chi connectivity index (χ4v) is 3.71. The normalized spacial score (nSPS) is 17.0. The van der Waals surface area contributed by atoms with Crippen molar-refractivity contribution in [3.63, 3.8) is 0 Å². The number of thioether (sulfide) groups is 1. The summed E-state index contributed by atoms with van der Waals surface area (Å²) in [5.74, 6) is 1.61. The molecule has 1 aliphatic heterocycles. The lowest BCUT2D eigenvalue weighted by molar-refractivity contribution is 0.311. The van der Waals surface area contributed by atoms with Crippen LogP contribution in [0.4, 0.5) is 11.9 Å². The number of anilines is 2. The van der Waals surface area contributed by atoms with Crippen LogP contribution < -0.4 is 10.6 Å². The maximum atomic E-state index is 6.24. The van der Waals surface area contributed by atoms with E-state index in [0.717, 1.165) is 36.1 Å². The fourth-order valence-electron chi connectivity index (χ4n) is 2.51. The smallest absolute Gasteiger partial charge is 0.230 e. The molecular formula is C16H21ClN6S. The third kappa shape index (κ3) is 4.09. The van der Waals surface area contributed by atoms with Gasteiger partial charge in [-0.3, -0.25) is 0 Å². The van der Waals surface area contributed by atoms with Crippen LogP contribution in [0.3, 0.4) is 0 Å². The number of piperazine rings is 1. The number of rotatable bonds is 4. The van der Waals surface area contributed by atoms with Crippen molar-refractivity contribution in [3.05, 3.63) is 35.1 Å². The highest BCUT2D eigenvalue weighted by molar-refractivity contribution is 7.99. The van der Waals surface area contributed by atoms with Crippen molar-refractivity contribution in [2.75, 3.05) is 43.9 Å². The maximum Gasteiger partial charge on any atom is 0.230 e. The van der Waals surface area contributed by atoms with Gasteiger partial charge in [0, 0.05) is 31.1 Å². The Labute approximate surface area is 151 Å². The SMILES string of the molecule is CC(Sc1ccccc1Cl)c1nc(N)nc(N2CCN(C)CC2)n1. The third-order valence-corrected chi connectivity index (χ3v) is 5.56. The second kappa shape index (κ2) is 7.55. The minimum atomic E-state index is 0.0291. The van der Waals surface area contributed by atoms with E-state index in [9.17, 15) is 0 Å². The van der Waals surface area contributed by atoms with Gasteiger partial charge in [0.2, 0.25) is 11.9 Å². The molecule has 1 aromatic heterocycles. The van der Waals surface area contributed by atoms with E-state index in [-0.39, 0.29) is 11.2 Å². The first-order valence-electron chi connectivity index (χ1n) is 7.89. The molecule has 6 nitrogen and oxygen atoms in total. The summed E-state index contributed by atoms with van der Waals surface area (Å²) in [6.45, 7) is 5.82. The van der Waals surface area contributed by atoms with E-state index in [0.29, 0.717) is 11.8 Å². The molecule has 0 radical (unpaired) electrons. The number of benzene rings is 1. The number of nitrogen functional groups attached to an aromatic ring is 1. The Kier molecular flexibility index (Phi) is 5.43. The Balaban J connectivity index is 1.79. The van der Waals surface area contributed by atoms with Crippen molar-refractivity contribution in [1.29, 1.82) is 0 Å². The van der Waals surface area contributed by atoms with Crippen molar-refractivity contribution in [1.82, 2.24) is 19.9 Å². The van der Waals surface area contributed by atoms with Gasteiger partial charge in [0.25, 0.3) is 0 Å². The average molecular weight is 365 g/mol. The minimum absolute atomic E-state index is 0.0291. The van der Waals surface area contributed by atoms with E-state index in [4.69, 9.17) is 17.3 Å². The molecule has 0 aliphatic carbocycles. The lowest BCUT2D eigenvalue weighted by Gasteiger charge is -2.32. The average Bonchev–Trinajstić information content (AvgIpc) is 2.57. The largest absolute Gasteiger partial charge is 0.368 e. The van der Waals surface area contributed by atoms with Crippen LogP contribution >= 0.6 is 23.4 Å². The van der Waals surface area contributed by atoms with E-state index in [1.165, 1.54) is 0 Å². The van der Waals surface area contributed by atoms with Crippen LogP contribution in [0.1, 0.15) is 18.0 Å². The maximum absolute atomic E-state index is 6.24. The first kappa shape index (κ1) is 17.3. The van der Waals surface area contributed by atoms with Gasteiger partial charge in [0.05, 0.1) is 10.3 Å². The van der Waals surface area contributed by atoms with Crippen LogP contribution in [0.5, 0.6) is 0 Å². The highest BCUT2D eigenvalue weighted by atomic mass is 35.5. The van der Waals surface area contributed by atoms with E-state index in [1.54, 1.807) is 11.8 Å². The fraction of sp³-hybridized carbons (Fsp3) is 0.438. The monoisotopic (exact) mass is 364 g/mol. The number of halogens is 1. The molecule has 2 heterocycles. The van der Waals surface area contributed by atoms with Gasteiger partial charge in [-0.25, -0.2) is 0 Å². The minimum Gasteiger partial charge on any atom is -0.368 e. The Bertz CT molecular complexity index is 705. The number of aromatic nitrogens is 3. The Hall–Kier alpha value is -1.57. The summed E-state index contributed by atoms with van der Waals surface area (Å²) in [7, 11) is 2.12. The van der Waals surface area contributed by atoms with Gasteiger partial charge in [0.1, 0.15) is 5.82 Å². The summed E-state index contributed by atoms with van der Waals surface area (Å²) >= 11 is 7.86. The first-order chi connectivity index (χ1) is 11.5. The molecular weight excluding hydrogens is 344 g/mol. The number of hydrogen-bond donors (Lipinski definition) is 1. The molecule has 128 valence electrons. The van der Waals surface area contributed by atoms with Gasteiger partial charge in [-0.15, -0.1) is 11.8 Å². The van der Waals surface area contributed by atoms with E-state index in [1.807, 2.05) is 24.3 Å². The van der Waals surface area contributed by atoms with Crippen LogP contribution in [0.15, 0.2) is 29.2 Å². The Morgan fingerprint density at radius 1 is 1.12 bits per heavy atom. The number of hydrogen-bond acceptors (Lipinski definition) is 7. The van der Waals surface area contributed by atoms with Crippen LogP contribution in [-0.2, 0) is 0 Å². The second-order valence-corrected chi connectivity index (χ2v) is 7.62. The lowest BCUT2D eigenvalue weighted by Crippen LogP contribution is -2.45. The molecule has 0 amide bonds. The quantitative estimate of drug-likeness (QED) is 0.836. The summed E-state index contributed by atoms with van der Waals surface area (Å²) in [4.78, 5) is 18.7. The summed E-state index contributed by atoms with van der Waals surface area (Å²) < 4.78 is 0. The third-order valence-electron chi connectivity index (χ3n) is 3.95. The molecule has 1 saturated heterocycles. The molecule has 0 spiro atoms. The summed E-state index contributed by atoms with van der Waals surface area (Å²) in [5.41, 5.74) is 5.92. The molecule has 3 rings (SSSR count). The van der Waals surface area contributed by atoms with Crippen molar-refractivity contribution in [2.45, 2.75) is 17.1 Å². The zero-order valence-corrected chi connectivity index (χ0v) is 15.4. The van der Waals surface area contributed by atoms with Crippen LogP contribution in [0.2, 0.25) is 5.02 Å². The van der Waals surface area contributed by atoms with Crippen LogP contribution in [-0.4, -0.2) is 53.1 Å². The molecule has 24 heavy (non-hydrogen) atoms.